The highest BCUT2D eigenvalue weighted by atomic mass is 32.1. The van der Waals surface area contributed by atoms with Crippen LogP contribution >= 0.6 is 11.3 Å². The zero-order valence-corrected chi connectivity index (χ0v) is 23.2. The van der Waals surface area contributed by atoms with Crippen LogP contribution in [0.3, 0.4) is 0 Å². The Morgan fingerprint density at radius 2 is 1.67 bits per heavy atom. The molecule has 8 heteroatoms. The molecule has 1 aliphatic rings. The standard InChI is InChI=1S/C31H30N2O5S/c1-5-36-24-15-11-10-14-22(24)28-27(30(35)38-7-3)19(4)32-31-33(28)29(34)26(39-31)18-23-21-13-9-8-12-20(21)16-17-25(23)37-6-2/h8-18,28H,5-7H2,1-4H3/b26-18-/t28-/m1/s1. The lowest BCUT2D eigenvalue weighted by Gasteiger charge is -2.26. The molecule has 0 amide bonds. The van der Waals surface area contributed by atoms with Crippen LogP contribution in [0.2, 0.25) is 0 Å². The van der Waals surface area contributed by atoms with E-state index >= 15 is 0 Å². The van der Waals surface area contributed by atoms with Crippen molar-refractivity contribution in [2.75, 3.05) is 19.8 Å². The van der Waals surface area contributed by atoms with Crippen LogP contribution in [0.1, 0.15) is 44.9 Å². The van der Waals surface area contributed by atoms with E-state index in [0.717, 1.165) is 16.3 Å². The predicted octanol–water partition coefficient (Wildman–Crippen LogP) is 4.75. The summed E-state index contributed by atoms with van der Waals surface area (Å²) in [5.74, 6) is 0.796. The Kier molecular flexibility index (Phi) is 7.65. The van der Waals surface area contributed by atoms with Crippen molar-refractivity contribution in [3.63, 3.8) is 0 Å². The van der Waals surface area contributed by atoms with E-state index in [1.807, 2.05) is 80.6 Å². The summed E-state index contributed by atoms with van der Waals surface area (Å²) in [5.41, 5.74) is 2.11. The third kappa shape index (κ3) is 4.88. The number of aromatic nitrogens is 1. The molecule has 4 aromatic rings. The minimum atomic E-state index is -0.746. The van der Waals surface area contributed by atoms with E-state index in [-0.39, 0.29) is 12.2 Å². The normalized spacial score (nSPS) is 15.2. The largest absolute Gasteiger partial charge is 0.494 e. The Labute approximate surface area is 230 Å². The number of hydrogen-bond donors (Lipinski definition) is 0. The first-order valence-corrected chi connectivity index (χ1v) is 13.9. The Morgan fingerprint density at radius 3 is 2.44 bits per heavy atom. The highest BCUT2D eigenvalue weighted by Crippen LogP contribution is 2.36. The number of ether oxygens (including phenoxy) is 3. The number of fused-ring (bicyclic) bond motifs is 2. The Bertz CT molecular complexity index is 1770. The van der Waals surface area contributed by atoms with Gasteiger partial charge in [-0.1, -0.05) is 59.9 Å². The predicted molar refractivity (Wildman–Crippen MR) is 153 cm³/mol. The first-order chi connectivity index (χ1) is 19.0. The number of carbonyl (C=O) groups is 1. The summed E-state index contributed by atoms with van der Waals surface area (Å²) >= 11 is 1.29. The molecule has 39 heavy (non-hydrogen) atoms. The third-order valence-corrected chi connectivity index (χ3v) is 7.52. The van der Waals surface area contributed by atoms with Crippen LogP contribution in [-0.2, 0) is 9.53 Å². The molecule has 0 N–H and O–H groups in total. The Hall–Kier alpha value is -4.17. The van der Waals surface area contributed by atoms with E-state index in [4.69, 9.17) is 19.2 Å². The SMILES string of the molecule is CCOC(=O)C1=C(C)N=c2s/c(=C\c3c(OCC)ccc4ccccc34)c(=O)n2[C@@H]1c1ccccc1OCC. The van der Waals surface area contributed by atoms with Gasteiger partial charge < -0.3 is 14.2 Å². The molecule has 0 unspecified atom stereocenters. The van der Waals surface area contributed by atoms with Crippen molar-refractivity contribution in [2.24, 2.45) is 4.99 Å². The first-order valence-electron chi connectivity index (χ1n) is 13.0. The fourth-order valence-corrected chi connectivity index (χ4v) is 5.94. The molecule has 5 rings (SSSR count). The second-order valence-electron chi connectivity index (χ2n) is 8.90. The van der Waals surface area contributed by atoms with Crippen molar-refractivity contribution >= 4 is 34.2 Å². The van der Waals surface area contributed by atoms with E-state index in [9.17, 15) is 9.59 Å². The van der Waals surface area contributed by atoms with Crippen LogP contribution in [0.4, 0.5) is 0 Å². The minimum absolute atomic E-state index is 0.209. The van der Waals surface area contributed by atoms with Gasteiger partial charge in [-0.3, -0.25) is 9.36 Å². The number of para-hydroxylation sites is 1. The lowest BCUT2D eigenvalue weighted by atomic mass is 9.95. The van der Waals surface area contributed by atoms with Gasteiger partial charge in [0.25, 0.3) is 5.56 Å². The minimum Gasteiger partial charge on any atom is -0.494 e. The molecule has 0 saturated carbocycles. The van der Waals surface area contributed by atoms with E-state index in [1.165, 1.54) is 11.3 Å². The number of thiazole rings is 1. The van der Waals surface area contributed by atoms with Gasteiger partial charge in [0.15, 0.2) is 4.80 Å². The maximum Gasteiger partial charge on any atom is 0.338 e. The van der Waals surface area contributed by atoms with Crippen molar-refractivity contribution in [1.29, 1.82) is 0 Å². The van der Waals surface area contributed by atoms with Crippen molar-refractivity contribution in [1.82, 2.24) is 4.57 Å². The van der Waals surface area contributed by atoms with Gasteiger partial charge in [-0.15, -0.1) is 0 Å². The molecule has 2 heterocycles. The second kappa shape index (κ2) is 11.3. The maximum atomic E-state index is 14.1. The molecule has 0 bridgehead atoms. The lowest BCUT2D eigenvalue weighted by Crippen LogP contribution is -2.40. The summed E-state index contributed by atoms with van der Waals surface area (Å²) in [6.07, 6.45) is 1.87. The summed E-state index contributed by atoms with van der Waals surface area (Å²) in [5, 5.41) is 2.03. The quantitative estimate of drug-likeness (QED) is 0.300. The molecule has 7 nitrogen and oxygen atoms in total. The number of allylic oxidation sites excluding steroid dienone is 1. The number of benzene rings is 3. The van der Waals surface area contributed by atoms with Gasteiger partial charge in [0, 0.05) is 11.1 Å². The maximum absolute atomic E-state index is 14.1. The van der Waals surface area contributed by atoms with E-state index in [0.29, 0.717) is 50.9 Å². The first kappa shape index (κ1) is 26.4. The van der Waals surface area contributed by atoms with Gasteiger partial charge in [0.05, 0.1) is 35.6 Å². The van der Waals surface area contributed by atoms with Crippen molar-refractivity contribution < 1.29 is 19.0 Å². The number of rotatable bonds is 8. The molecule has 0 spiro atoms. The summed E-state index contributed by atoms with van der Waals surface area (Å²) in [4.78, 5) is 32.6. The van der Waals surface area contributed by atoms with Crippen LogP contribution in [0.5, 0.6) is 11.5 Å². The molecule has 0 fully saturated rings. The molecule has 1 aromatic heterocycles. The van der Waals surface area contributed by atoms with Gasteiger partial charge in [0.1, 0.15) is 17.5 Å². The average molecular weight is 543 g/mol. The zero-order valence-electron chi connectivity index (χ0n) is 22.4. The number of esters is 1. The lowest BCUT2D eigenvalue weighted by molar-refractivity contribution is -0.139. The van der Waals surface area contributed by atoms with E-state index in [2.05, 4.69) is 0 Å². The summed E-state index contributed by atoms with van der Waals surface area (Å²) in [6.45, 7) is 8.51. The highest BCUT2D eigenvalue weighted by molar-refractivity contribution is 7.07. The van der Waals surface area contributed by atoms with Gasteiger partial charge in [0.2, 0.25) is 0 Å². The molecule has 0 radical (unpaired) electrons. The fraction of sp³-hybridized carbons (Fsp3) is 0.258. The fourth-order valence-electron chi connectivity index (χ4n) is 4.92. The molecule has 1 atom stereocenters. The molecule has 3 aromatic carbocycles. The third-order valence-electron chi connectivity index (χ3n) is 6.54. The van der Waals surface area contributed by atoms with Crippen LogP contribution in [-0.4, -0.2) is 30.4 Å². The van der Waals surface area contributed by atoms with E-state index < -0.39 is 12.0 Å². The molecule has 1 aliphatic heterocycles. The van der Waals surface area contributed by atoms with Gasteiger partial charge in [-0.2, -0.15) is 0 Å². The molecule has 0 aliphatic carbocycles. The summed E-state index contributed by atoms with van der Waals surface area (Å²) in [6, 6.07) is 18.7. The molecule has 200 valence electrons. The molecular weight excluding hydrogens is 512 g/mol. The Balaban J connectivity index is 1.79. The Morgan fingerprint density at radius 1 is 0.949 bits per heavy atom. The molecule has 0 saturated heterocycles. The highest BCUT2D eigenvalue weighted by Gasteiger charge is 2.35. The number of hydrogen-bond acceptors (Lipinski definition) is 7. The van der Waals surface area contributed by atoms with Crippen LogP contribution < -0.4 is 24.4 Å². The summed E-state index contributed by atoms with van der Waals surface area (Å²) in [7, 11) is 0. The molecular formula is C31H30N2O5S. The summed E-state index contributed by atoms with van der Waals surface area (Å²) < 4.78 is 19.3. The number of carbonyl (C=O) groups excluding carboxylic acids is 1. The monoisotopic (exact) mass is 542 g/mol. The van der Waals surface area contributed by atoms with Crippen molar-refractivity contribution in [2.45, 2.75) is 33.7 Å². The van der Waals surface area contributed by atoms with E-state index in [1.54, 1.807) is 18.4 Å². The van der Waals surface area contributed by atoms with Gasteiger partial charge in [-0.05, 0) is 56.7 Å². The smallest absolute Gasteiger partial charge is 0.338 e. The van der Waals surface area contributed by atoms with Crippen LogP contribution in [0.25, 0.3) is 16.8 Å². The van der Waals surface area contributed by atoms with Crippen LogP contribution in [0.15, 0.2) is 81.7 Å². The topological polar surface area (TPSA) is 79.1 Å². The van der Waals surface area contributed by atoms with Crippen LogP contribution in [0, 0.1) is 0 Å². The van der Waals surface area contributed by atoms with Gasteiger partial charge >= 0.3 is 5.97 Å². The average Bonchev–Trinajstić information content (AvgIpc) is 3.24. The number of nitrogens with zero attached hydrogens (tertiary/aromatic N) is 2. The van der Waals surface area contributed by atoms with Gasteiger partial charge in [-0.25, -0.2) is 9.79 Å². The second-order valence-corrected chi connectivity index (χ2v) is 9.91. The zero-order chi connectivity index (χ0) is 27.5. The van der Waals surface area contributed by atoms with Crippen molar-refractivity contribution in [3.05, 3.63) is 103 Å². The van der Waals surface area contributed by atoms with Crippen molar-refractivity contribution in [3.8, 4) is 11.5 Å².